The Labute approximate surface area is 170 Å². The van der Waals surface area contributed by atoms with Gasteiger partial charge in [-0.15, -0.1) is 0 Å². The van der Waals surface area contributed by atoms with E-state index in [-0.39, 0.29) is 18.9 Å². The van der Waals surface area contributed by atoms with Crippen molar-refractivity contribution in [3.8, 4) is 5.75 Å². The van der Waals surface area contributed by atoms with Crippen molar-refractivity contribution in [2.75, 3.05) is 19.4 Å². The van der Waals surface area contributed by atoms with Crippen LogP contribution in [0.3, 0.4) is 0 Å². The first kappa shape index (κ1) is 23.0. The molecule has 11 heteroatoms. The number of halogens is 4. The number of ether oxygens (including phenoxy) is 2. The molecule has 29 heavy (non-hydrogen) atoms. The number of hydrogen-bond donors (Lipinski definition) is 1. The zero-order valence-corrected chi connectivity index (χ0v) is 16.6. The number of sulfonamides is 1. The Morgan fingerprint density at radius 1 is 1.17 bits per heavy atom. The molecule has 0 spiro atoms. The van der Waals surface area contributed by atoms with Gasteiger partial charge in [-0.2, -0.15) is 13.2 Å². The van der Waals surface area contributed by atoms with Crippen LogP contribution in [-0.4, -0.2) is 33.8 Å². The van der Waals surface area contributed by atoms with Crippen LogP contribution in [0.15, 0.2) is 48.5 Å². The van der Waals surface area contributed by atoms with Gasteiger partial charge in [0.15, 0.2) is 0 Å². The quantitative estimate of drug-likeness (QED) is 0.490. The van der Waals surface area contributed by atoms with Crippen molar-refractivity contribution in [3.05, 3.63) is 64.7 Å². The Bertz CT molecular complexity index is 949. The maximum absolute atomic E-state index is 12.9. The maximum atomic E-state index is 12.9. The molecule has 6 nitrogen and oxygen atoms in total. The highest BCUT2D eigenvalue weighted by Crippen LogP contribution is 2.33. The molecule has 0 aliphatic heterocycles. The lowest BCUT2D eigenvalue weighted by Gasteiger charge is -2.19. The third kappa shape index (κ3) is 7.56. The van der Waals surface area contributed by atoms with Gasteiger partial charge in [-0.3, -0.25) is 0 Å². The Hall–Kier alpha value is -2.30. The number of esters is 1. The molecule has 158 valence electrons. The first-order chi connectivity index (χ1) is 13.5. The predicted molar refractivity (Wildman–Crippen MR) is 100 cm³/mol. The zero-order valence-electron chi connectivity index (χ0n) is 15.1. The topological polar surface area (TPSA) is 81.7 Å². The Morgan fingerprint density at radius 2 is 1.83 bits per heavy atom. The molecular formula is C18H17ClF3NO5S. The number of rotatable bonds is 8. The van der Waals surface area contributed by atoms with Gasteiger partial charge in [0, 0.05) is 17.1 Å². The highest BCUT2D eigenvalue weighted by molar-refractivity contribution is 7.88. The molecule has 0 bridgehead atoms. The van der Waals surface area contributed by atoms with Crippen LogP contribution >= 0.6 is 11.6 Å². The molecule has 2 rings (SSSR count). The summed E-state index contributed by atoms with van der Waals surface area (Å²) in [5, 5.41) is 0.386. The van der Waals surface area contributed by atoms with Gasteiger partial charge < -0.3 is 9.47 Å². The second kappa shape index (κ2) is 9.47. The molecule has 1 unspecified atom stereocenters. The van der Waals surface area contributed by atoms with Crippen molar-refractivity contribution < 1.29 is 35.9 Å². The molecule has 0 aliphatic rings. The van der Waals surface area contributed by atoms with E-state index < -0.39 is 33.8 Å². The molecule has 0 aromatic heterocycles. The van der Waals surface area contributed by atoms with Crippen LogP contribution in [-0.2, 0) is 25.7 Å². The predicted octanol–water partition coefficient (Wildman–Crippen LogP) is 3.57. The van der Waals surface area contributed by atoms with Crippen LogP contribution < -0.4 is 9.46 Å². The van der Waals surface area contributed by atoms with Crippen molar-refractivity contribution >= 4 is 27.6 Å². The second-order valence-corrected chi connectivity index (χ2v) is 8.18. The molecule has 2 aromatic rings. The van der Waals surface area contributed by atoms with Gasteiger partial charge in [0.2, 0.25) is 16.1 Å². The summed E-state index contributed by atoms with van der Waals surface area (Å²) in [4.78, 5) is 12.5. The Morgan fingerprint density at radius 3 is 2.41 bits per heavy atom. The summed E-state index contributed by atoms with van der Waals surface area (Å²) in [6.07, 6.45) is -5.01. The fourth-order valence-corrected chi connectivity index (χ4v) is 2.81. The number of hydrogen-bond acceptors (Lipinski definition) is 5. The van der Waals surface area contributed by atoms with Crippen LogP contribution in [0, 0.1) is 0 Å². The van der Waals surface area contributed by atoms with E-state index in [4.69, 9.17) is 21.1 Å². The van der Waals surface area contributed by atoms with E-state index in [1.165, 1.54) is 30.3 Å². The molecule has 0 heterocycles. The summed E-state index contributed by atoms with van der Waals surface area (Å²) in [6, 6.07) is 9.97. The molecule has 0 aliphatic carbocycles. The summed E-state index contributed by atoms with van der Waals surface area (Å²) >= 11 is 5.83. The minimum Gasteiger partial charge on any atom is -0.474 e. The van der Waals surface area contributed by atoms with E-state index in [2.05, 4.69) is 4.72 Å². The fraction of sp³-hybridized carbons (Fsp3) is 0.278. The molecule has 0 amide bonds. The minimum atomic E-state index is -4.58. The van der Waals surface area contributed by atoms with E-state index in [1.807, 2.05) is 0 Å². The molecule has 1 atom stereocenters. The highest BCUT2D eigenvalue weighted by atomic mass is 35.5. The summed E-state index contributed by atoms with van der Waals surface area (Å²) in [6.45, 7) is -0.455. The lowest BCUT2D eigenvalue weighted by Crippen LogP contribution is -2.29. The number of carbonyl (C=O) groups excluding carboxylic acids is 1. The lowest BCUT2D eigenvalue weighted by molar-refractivity contribution is -0.152. The van der Waals surface area contributed by atoms with Crippen molar-refractivity contribution in [1.29, 1.82) is 0 Å². The van der Waals surface area contributed by atoms with E-state index in [1.54, 1.807) is 0 Å². The summed E-state index contributed by atoms with van der Waals surface area (Å²) < 4.78 is 73.5. The summed E-state index contributed by atoms with van der Waals surface area (Å²) in [7, 11) is -3.46. The molecule has 0 saturated carbocycles. The van der Waals surface area contributed by atoms with Crippen LogP contribution in [0.5, 0.6) is 5.75 Å². The zero-order chi connectivity index (χ0) is 21.7. The third-order valence-corrected chi connectivity index (χ3v) is 4.49. The smallest absolute Gasteiger partial charge is 0.416 e. The Balaban J connectivity index is 2.19. The monoisotopic (exact) mass is 451 g/mol. The van der Waals surface area contributed by atoms with Crippen LogP contribution in [0.2, 0.25) is 5.02 Å². The number of benzene rings is 2. The molecule has 1 N–H and O–H groups in total. The third-order valence-electron chi connectivity index (χ3n) is 3.51. The maximum Gasteiger partial charge on any atom is 0.416 e. The van der Waals surface area contributed by atoms with E-state index in [0.717, 1.165) is 24.5 Å². The average molecular weight is 452 g/mol. The number of carbonyl (C=O) groups is 1. The van der Waals surface area contributed by atoms with Crippen molar-refractivity contribution in [2.45, 2.75) is 12.3 Å². The second-order valence-electron chi connectivity index (χ2n) is 5.91. The molecule has 2 aromatic carbocycles. The van der Waals surface area contributed by atoms with Gasteiger partial charge in [-0.1, -0.05) is 29.8 Å². The fourth-order valence-electron chi connectivity index (χ4n) is 2.23. The molecular weight excluding hydrogens is 435 g/mol. The van der Waals surface area contributed by atoms with E-state index in [9.17, 15) is 26.4 Å². The van der Waals surface area contributed by atoms with Crippen molar-refractivity contribution in [2.24, 2.45) is 0 Å². The normalized spacial score (nSPS) is 13.0. The van der Waals surface area contributed by atoms with Gasteiger partial charge in [0.1, 0.15) is 12.4 Å². The number of alkyl halides is 3. The molecule has 0 radical (unpaired) electrons. The lowest BCUT2D eigenvalue weighted by atomic mass is 10.1. The first-order valence-corrected chi connectivity index (χ1v) is 10.4. The van der Waals surface area contributed by atoms with Crippen LogP contribution in [0.1, 0.15) is 17.2 Å². The molecule has 0 fully saturated rings. The molecule has 0 saturated heterocycles. The summed E-state index contributed by atoms with van der Waals surface area (Å²) in [5.74, 6) is -1.09. The average Bonchev–Trinajstić information content (AvgIpc) is 2.63. The van der Waals surface area contributed by atoms with Gasteiger partial charge >= 0.3 is 12.1 Å². The Kier molecular flexibility index (Phi) is 7.50. The van der Waals surface area contributed by atoms with Crippen LogP contribution in [0.4, 0.5) is 13.2 Å². The van der Waals surface area contributed by atoms with Gasteiger partial charge in [-0.05, 0) is 30.3 Å². The van der Waals surface area contributed by atoms with Crippen molar-refractivity contribution in [1.82, 2.24) is 4.72 Å². The largest absolute Gasteiger partial charge is 0.474 e. The summed E-state index contributed by atoms with van der Waals surface area (Å²) in [5.41, 5.74) is -0.636. The van der Waals surface area contributed by atoms with Gasteiger partial charge in [0.25, 0.3) is 0 Å². The SMILES string of the molecule is CS(=O)(=O)NCCOC(=O)C(Oc1cccc(C(F)(F)F)c1)c1ccc(Cl)cc1. The number of nitrogens with one attached hydrogen (secondary N) is 1. The van der Waals surface area contributed by atoms with Gasteiger partial charge in [0.05, 0.1) is 11.8 Å². The standard InChI is InChI=1S/C18H17ClF3NO5S/c1-29(25,26)23-9-10-27-17(24)16(12-5-7-14(19)8-6-12)28-15-4-2-3-13(11-15)18(20,21)22/h2-8,11,16,23H,9-10H2,1H3. The first-order valence-electron chi connectivity index (χ1n) is 8.16. The van der Waals surface area contributed by atoms with Crippen molar-refractivity contribution in [3.63, 3.8) is 0 Å². The highest BCUT2D eigenvalue weighted by Gasteiger charge is 2.31. The van der Waals surface area contributed by atoms with E-state index in [0.29, 0.717) is 10.6 Å². The van der Waals surface area contributed by atoms with E-state index >= 15 is 0 Å². The van der Waals surface area contributed by atoms with Crippen LogP contribution in [0.25, 0.3) is 0 Å². The minimum absolute atomic E-state index is 0.165. The van der Waals surface area contributed by atoms with Gasteiger partial charge in [-0.25, -0.2) is 17.9 Å².